The minimum atomic E-state index is -0.483. The fourth-order valence-electron chi connectivity index (χ4n) is 1.83. The topological polar surface area (TPSA) is 69.4 Å². The number of ketones is 1. The van der Waals surface area contributed by atoms with E-state index < -0.39 is 4.92 Å². The number of ether oxygens (including phenoxy) is 1. The third-order valence-corrected chi connectivity index (χ3v) is 2.86. The molecule has 0 aliphatic carbocycles. The second-order valence-corrected chi connectivity index (χ2v) is 4.26. The summed E-state index contributed by atoms with van der Waals surface area (Å²) in [6.45, 7) is 0. The number of non-ortho nitro benzene ring substituents is 1. The molecule has 0 radical (unpaired) electrons. The van der Waals surface area contributed by atoms with Gasteiger partial charge in [0.2, 0.25) is 5.78 Å². The van der Waals surface area contributed by atoms with Gasteiger partial charge in [0.25, 0.3) is 5.69 Å². The molecule has 0 aromatic heterocycles. The van der Waals surface area contributed by atoms with Crippen LogP contribution in [-0.4, -0.2) is 17.8 Å². The summed E-state index contributed by atoms with van der Waals surface area (Å²) in [7, 11) is 1.39. The minimum absolute atomic E-state index is 0.0358. The molecule has 2 rings (SSSR count). The van der Waals surface area contributed by atoms with Gasteiger partial charge in [-0.1, -0.05) is 42.5 Å². The van der Waals surface area contributed by atoms with Gasteiger partial charge in [-0.3, -0.25) is 14.9 Å². The Kier molecular flexibility index (Phi) is 4.46. The molecule has 0 spiro atoms. The lowest BCUT2D eigenvalue weighted by Crippen LogP contribution is -2.05. The van der Waals surface area contributed by atoms with Crippen LogP contribution in [0.5, 0.6) is 0 Å². The Bertz CT molecular complexity index is 692. The van der Waals surface area contributed by atoms with E-state index in [4.69, 9.17) is 4.74 Å². The predicted molar refractivity (Wildman–Crippen MR) is 78.9 cm³/mol. The first-order chi connectivity index (χ1) is 10.1. The lowest BCUT2D eigenvalue weighted by atomic mass is 10.1. The highest BCUT2D eigenvalue weighted by atomic mass is 16.6. The van der Waals surface area contributed by atoms with Crippen molar-refractivity contribution < 1.29 is 14.5 Å². The second kappa shape index (κ2) is 6.47. The van der Waals surface area contributed by atoms with Crippen molar-refractivity contribution in [3.8, 4) is 0 Å². The lowest BCUT2D eigenvalue weighted by Gasteiger charge is -2.05. The molecule has 2 aromatic rings. The highest BCUT2D eigenvalue weighted by molar-refractivity contribution is 6.09. The molecule has 21 heavy (non-hydrogen) atoms. The Morgan fingerprint density at radius 2 is 1.86 bits per heavy atom. The first-order valence-corrected chi connectivity index (χ1v) is 6.21. The van der Waals surface area contributed by atoms with E-state index in [0.29, 0.717) is 11.1 Å². The number of carbonyl (C=O) groups is 1. The number of hydrogen-bond donors (Lipinski definition) is 0. The zero-order valence-corrected chi connectivity index (χ0v) is 11.4. The van der Waals surface area contributed by atoms with Gasteiger partial charge in [-0.2, -0.15) is 0 Å². The van der Waals surface area contributed by atoms with Crippen LogP contribution in [0.25, 0.3) is 6.08 Å². The largest absolute Gasteiger partial charge is 0.493 e. The molecule has 0 heterocycles. The first-order valence-electron chi connectivity index (χ1n) is 6.21. The molecule has 0 bridgehead atoms. The van der Waals surface area contributed by atoms with Crippen LogP contribution in [-0.2, 0) is 4.74 Å². The third-order valence-electron chi connectivity index (χ3n) is 2.86. The van der Waals surface area contributed by atoms with Gasteiger partial charge >= 0.3 is 0 Å². The normalized spacial score (nSPS) is 11.0. The number of benzene rings is 2. The van der Waals surface area contributed by atoms with E-state index in [9.17, 15) is 14.9 Å². The highest BCUT2D eigenvalue weighted by Crippen LogP contribution is 2.18. The molecule has 0 saturated heterocycles. The SMILES string of the molecule is CO/C(=C\c1cccc([N+](=O)[O-])c1)C(=O)c1ccccc1. The van der Waals surface area contributed by atoms with Crippen LogP contribution in [0.3, 0.4) is 0 Å². The smallest absolute Gasteiger partial charge is 0.270 e. The van der Waals surface area contributed by atoms with Gasteiger partial charge in [-0.15, -0.1) is 0 Å². The van der Waals surface area contributed by atoms with E-state index in [1.165, 1.54) is 25.3 Å². The van der Waals surface area contributed by atoms with E-state index in [0.717, 1.165) is 0 Å². The molecule has 0 aliphatic heterocycles. The van der Waals surface area contributed by atoms with Gasteiger partial charge in [0.05, 0.1) is 12.0 Å². The average molecular weight is 283 g/mol. The Morgan fingerprint density at radius 1 is 1.14 bits per heavy atom. The molecular weight excluding hydrogens is 270 g/mol. The van der Waals surface area contributed by atoms with Gasteiger partial charge < -0.3 is 4.74 Å². The van der Waals surface area contributed by atoms with Crippen molar-refractivity contribution in [1.82, 2.24) is 0 Å². The minimum Gasteiger partial charge on any atom is -0.493 e. The molecule has 106 valence electrons. The van der Waals surface area contributed by atoms with Gasteiger partial charge in [0.1, 0.15) is 0 Å². The molecular formula is C16H13NO4. The van der Waals surface area contributed by atoms with E-state index in [2.05, 4.69) is 0 Å². The second-order valence-electron chi connectivity index (χ2n) is 4.26. The molecule has 0 unspecified atom stereocenters. The Hall–Kier alpha value is -2.95. The van der Waals surface area contributed by atoms with Crippen molar-refractivity contribution >= 4 is 17.5 Å². The Morgan fingerprint density at radius 3 is 2.48 bits per heavy atom. The van der Waals surface area contributed by atoms with Crippen molar-refractivity contribution in [2.45, 2.75) is 0 Å². The van der Waals surface area contributed by atoms with Crippen LogP contribution in [0.15, 0.2) is 60.4 Å². The molecule has 0 N–H and O–H groups in total. The van der Waals surface area contributed by atoms with Crippen molar-refractivity contribution in [1.29, 1.82) is 0 Å². The van der Waals surface area contributed by atoms with E-state index in [1.54, 1.807) is 36.4 Å². The number of Topliss-reactive ketones (excluding diaryl/α,β-unsaturated/α-hetero) is 1. The number of hydrogen-bond acceptors (Lipinski definition) is 4. The molecule has 0 amide bonds. The Labute approximate surface area is 121 Å². The summed E-state index contributed by atoms with van der Waals surface area (Å²) < 4.78 is 5.11. The van der Waals surface area contributed by atoms with Gasteiger partial charge in [-0.05, 0) is 11.6 Å². The zero-order chi connectivity index (χ0) is 15.2. The summed E-state index contributed by atoms with van der Waals surface area (Å²) in [6.07, 6.45) is 1.49. The van der Waals surface area contributed by atoms with Crippen molar-refractivity contribution in [3.05, 3.63) is 81.6 Å². The maximum atomic E-state index is 12.3. The van der Waals surface area contributed by atoms with Crippen LogP contribution in [0, 0.1) is 10.1 Å². The molecule has 0 saturated carbocycles. The standard InChI is InChI=1S/C16H13NO4/c1-21-15(16(18)13-7-3-2-4-8-13)11-12-6-5-9-14(10-12)17(19)20/h2-11H,1H3/b15-11-. The average Bonchev–Trinajstić information content (AvgIpc) is 2.53. The quantitative estimate of drug-likeness (QED) is 0.277. The first kappa shape index (κ1) is 14.5. The number of nitro groups is 1. The summed E-state index contributed by atoms with van der Waals surface area (Å²) in [4.78, 5) is 22.5. The maximum Gasteiger partial charge on any atom is 0.270 e. The van der Waals surface area contributed by atoms with Crippen LogP contribution in [0.2, 0.25) is 0 Å². The summed E-state index contributed by atoms with van der Waals surface area (Å²) in [5, 5.41) is 10.8. The molecule has 5 nitrogen and oxygen atoms in total. The van der Waals surface area contributed by atoms with Crippen molar-refractivity contribution in [2.24, 2.45) is 0 Å². The molecule has 2 aromatic carbocycles. The molecule has 0 fully saturated rings. The van der Waals surface area contributed by atoms with Crippen LogP contribution in [0.1, 0.15) is 15.9 Å². The van der Waals surface area contributed by atoms with E-state index in [1.807, 2.05) is 6.07 Å². The number of rotatable bonds is 5. The van der Waals surface area contributed by atoms with Gasteiger partial charge in [0, 0.05) is 17.7 Å². The van der Waals surface area contributed by atoms with E-state index in [-0.39, 0.29) is 17.2 Å². The summed E-state index contributed by atoms with van der Waals surface area (Å²) in [6, 6.07) is 14.7. The van der Waals surface area contributed by atoms with Gasteiger partial charge in [0.15, 0.2) is 5.76 Å². The summed E-state index contributed by atoms with van der Waals surface area (Å²) in [5.74, 6) is -0.147. The van der Waals surface area contributed by atoms with Crippen molar-refractivity contribution in [2.75, 3.05) is 7.11 Å². The van der Waals surface area contributed by atoms with Gasteiger partial charge in [-0.25, -0.2) is 0 Å². The third kappa shape index (κ3) is 3.54. The summed E-state index contributed by atoms with van der Waals surface area (Å²) >= 11 is 0. The number of methoxy groups -OCH3 is 1. The van der Waals surface area contributed by atoms with Crippen molar-refractivity contribution in [3.63, 3.8) is 0 Å². The fraction of sp³-hybridized carbons (Fsp3) is 0.0625. The van der Waals surface area contributed by atoms with Crippen LogP contribution >= 0.6 is 0 Å². The zero-order valence-electron chi connectivity index (χ0n) is 11.4. The number of nitrogens with zero attached hydrogens (tertiary/aromatic N) is 1. The molecule has 0 atom stereocenters. The monoisotopic (exact) mass is 283 g/mol. The van der Waals surface area contributed by atoms with Crippen LogP contribution in [0.4, 0.5) is 5.69 Å². The molecule has 5 heteroatoms. The summed E-state index contributed by atoms with van der Waals surface area (Å²) in [5.41, 5.74) is 0.993. The Balaban J connectivity index is 2.35. The predicted octanol–water partition coefficient (Wildman–Crippen LogP) is 3.47. The fourth-order valence-corrected chi connectivity index (χ4v) is 1.83. The van der Waals surface area contributed by atoms with E-state index >= 15 is 0 Å². The number of allylic oxidation sites excluding steroid dienone is 1. The highest BCUT2D eigenvalue weighted by Gasteiger charge is 2.13. The number of nitro benzene ring substituents is 1. The number of carbonyl (C=O) groups excluding carboxylic acids is 1. The molecule has 0 aliphatic rings. The maximum absolute atomic E-state index is 12.3. The van der Waals surface area contributed by atoms with Crippen LogP contribution < -0.4 is 0 Å². The lowest BCUT2D eigenvalue weighted by molar-refractivity contribution is -0.384.